The Bertz CT molecular complexity index is 933. The van der Waals surface area contributed by atoms with Crippen LogP contribution in [0.1, 0.15) is 18.3 Å². The molecule has 0 bridgehead atoms. The molecule has 0 radical (unpaired) electrons. The average molecular weight is 369 g/mol. The van der Waals surface area contributed by atoms with E-state index in [4.69, 9.17) is 0 Å². The molecule has 3 aromatic rings. The third-order valence-corrected chi connectivity index (χ3v) is 4.06. The van der Waals surface area contributed by atoms with E-state index in [0.29, 0.717) is 24.7 Å². The molecular weight excluding hydrogens is 345 g/mol. The Labute approximate surface area is 157 Å². The normalized spacial score (nSPS) is 11.6. The van der Waals surface area contributed by atoms with Crippen LogP contribution >= 0.6 is 0 Å². The van der Waals surface area contributed by atoms with Crippen molar-refractivity contribution in [3.8, 4) is 0 Å². The zero-order chi connectivity index (χ0) is 19.2. The topological polar surface area (TPSA) is 69.8 Å². The van der Waals surface area contributed by atoms with Gasteiger partial charge in [-0.1, -0.05) is 12.1 Å². The molecule has 0 saturated heterocycles. The number of benzene rings is 1. The summed E-state index contributed by atoms with van der Waals surface area (Å²) < 4.78 is 16.0. The summed E-state index contributed by atoms with van der Waals surface area (Å²) in [6.07, 6.45) is 1.92. The lowest BCUT2D eigenvalue weighted by Crippen LogP contribution is -2.37. The molecular formula is C19H24FN7. The van der Waals surface area contributed by atoms with Crippen molar-refractivity contribution in [3.05, 3.63) is 59.8 Å². The van der Waals surface area contributed by atoms with Gasteiger partial charge >= 0.3 is 0 Å². The number of rotatable bonds is 6. The van der Waals surface area contributed by atoms with Crippen molar-refractivity contribution in [1.82, 2.24) is 25.2 Å². The van der Waals surface area contributed by atoms with Gasteiger partial charge < -0.3 is 15.5 Å². The molecule has 27 heavy (non-hydrogen) atoms. The molecule has 142 valence electrons. The molecule has 3 rings (SSSR count). The van der Waals surface area contributed by atoms with E-state index < -0.39 is 0 Å². The van der Waals surface area contributed by atoms with E-state index in [2.05, 4.69) is 25.8 Å². The Hall–Kier alpha value is -3.16. The molecule has 0 saturated carbocycles. The van der Waals surface area contributed by atoms with Crippen LogP contribution in [0.2, 0.25) is 0 Å². The summed E-state index contributed by atoms with van der Waals surface area (Å²) in [5.74, 6) is 1.18. The molecule has 2 heterocycles. The van der Waals surface area contributed by atoms with Crippen LogP contribution < -0.4 is 15.5 Å². The fourth-order valence-electron chi connectivity index (χ4n) is 2.70. The van der Waals surface area contributed by atoms with Crippen molar-refractivity contribution in [2.24, 2.45) is 4.99 Å². The molecule has 0 amide bonds. The lowest BCUT2D eigenvalue weighted by atomic mass is 10.2. The van der Waals surface area contributed by atoms with Crippen molar-refractivity contribution in [2.45, 2.75) is 20.0 Å². The Morgan fingerprint density at radius 2 is 2.04 bits per heavy atom. The van der Waals surface area contributed by atoms with Crippen LogP contribution in [0.25, 0.3) is 5.65 Å². The Morgan fingerprint density at radius 1 is 1.19 bits per heavy atom. The van der Waals surface area contributed by atoms with Gasteiger partial charge in [0, 0.05) is 26.8 Å². The number of hydrogen-bond acceptors (Lipinski definition) is 4. The maximum atomic E-state index is 14.1. The molecule has 0 aliphatic carbocycles. The Balaban J connectivity index is 1.68. The van der Waals surface area contributed by atoms with Gasteiger partial charge in [-0.3, -0.25) is 4.40 Å². The molecule has 0 spiro atoms. The number of nitrogens with zero attached hydrogens (tertiary/aromatic N) is 5. The number of anilines is 1. The number of fused-ring (bicyclic) bond motifs is 1. The smallest absolute Gasteiger partial charge is 0.191 e. The van der Waals surface area contributed by atoms with Crippen LogP contribution in [0, 0.1) is 5.82 Å². The second kappa shape index (κ2) is 8.48. The predicted octanol–water partition coefficient (Wildman–Crippen LogP) is 2.19. The third kappa shape index (κ3) is 4.52. The minimum Gasteiger partial charge on any atom is -0.375 e. The van der Waals surface area contributed by atoms with Gasteiger partial charge in [-0.25, -0.2) is 9.38 Å². The second-order valence-electron chi connectivity index (χ2n) is 6.27. The van der Waals surface area contributed by atoms with Crippen LogP contribution in [0.3, 0.4) is 0 Å². The lowest BCUT2D eigenvalue weighted by molar-refractivity contribution is 0.624. The highest BCUT2D eigenvalue weighted by atomic mass is 19.1. The minimum absolute atomic E-state index is 0.249. The quantitative estimate of drug-likeness (QED) is 0.515. The fraction of sp³-hybridized carbons (Fsp3) is 0.316. The number of pyridine rings is 1. The van der Waals surface area contributed by atoms with Gasteiger partial charge in [0.15, 0.2) is 17.4 Å². The highest BCUT2D eigenvalue weighted by Crippen LogP contribution is 2.18. The van der Waals surface area contributed by atoms with E-state index in [9.17, 15) is 4.39 Å². The number of aromatic nitrogens is 3. The monoisotopic (exact) mass is 369 g/mol. The minimum atomic E-state index is -0.249. The van der Waals surface area contributed by atoms with Crippen molar-refractivity contribution in [2.75, 3.05) is 25.5 Å². The van der Waals surface area contributed by atoms with E-state index >= 15 is 0 Å². The van der Waals surface area contributed by atoms with E-state index in [1.165, 1.54) is 6.07 Å². The van der Waals surface area contributed by atoms with Crippen molar-refractivity contribution in [3.63, 3.8) is 0 Å². The Kier molecular flexibility index (Phi) is 5.85. The van der Waals surface area contributed by atoms with Gasteiger partial charge in [-0.05, 0) is 36.8 Å². The summed E-state index contributed by atoms with van der Waals surface area (Å²) in [6, 6.07) is 10.9. The Morgan fingerprint density at radius 3 is 2.78 bits per heavy atom. The zero-order valence-corrected chi connectivity index (χ0v) is 15.8. The number of guanidine groups is 1. The summed E-state index contributed by atoms with van der Waals surface area (Å²) in [4.78, 5) is 6.28. The van der Waals surface area contributed by atoms with E-state index in [-0.39, 0.29) is 5.82 Å². The largest absolute Gasteiger partial charge is 0.375 e. The summed E-state index contributed by atoms with van der Waals surface area (Å²) >= 11 is 0. The van der Waals surface area contributed by atoms with Crippen LogP contribution in [-0.4, -0.2) is 41.2 Å². The van der Waals surface area contributed by atoms with Crippen molar-refractivity contribution >= 4 is 17.3 Å². The number of aliphatic imine (C=N–C) groups is 1. The van der Waals surface area contributed by atoms with E-state index in [1.54, 1.807) is 11.0 Å². The summed E-state index contributed by atoms with van der Waals surface area (Å²) in [5.41, 5.74) is 2.17. The SMILES string of the molecule is CCNC(=NCc1ccc(N(C)C)c(F)c1)NCc1nnc2ccccn12. The highest BCUT2D eigenvalue weighted by molar-refractivity contribution is 5.79. The van der Waals surface area contributed by atoms with E-state index in [0.717, 1.165) is 23.6 Å². The summed E-state index contributed by atoms with van der Waals surface area (Å²) in [5, 5.41) is 14.8. The van der Waals surface area contributed by atoms with Gasteiger partial charge in [-0.15, -0.1) is 10.2 Å². The van der Waals surface area contributed by atoms with Crippen LogP contribution in [0.4, 0.5) is 10.1 Å². The van der Waals surface area contributed by atoms with Crippen molar-refractivity contribution in [1.29, 1.82) is 0 Å². The molecule has 2 aromatic heterocycles. The molecule has 0 atom stereocenters. The molecule has 0 aliphatic heterocycles. The molecule has 0 fully saturated rings. The van der Waals surface area contributed by atoms with Gasteiger partial charge in [0.25, 0.3) is 0 Å². The lowest BCUT2D eigenvalue weighted by Gasteiger charge is -2.14. The van der Waals surface area contributed by atoms with Gasteiger partial charge in [0.05, 0.1) is 18.8 Å². The van der Waals surface area contributed by atoms with Gasteiger partial charge in [0.1, 0.15) is 5.82 Å². The standard InChI is InChI=1S/C19H24FN7/c1-4-21-19(22-12-14-8-9-16(26(2)3)15(20)11-14)23-13-18-25-24-17-7-5-6-10-27(17)18/h5-11H,4,12-13H2,1-3H3,(H2,21,22,23). The molecule has 0 unspecified atom stereocenters. The molecule has 1 aromatic carbocycles. The number of halogens is 1. The molecule has 8 heteroatoms. The van der Waals surface area contributed by atoms with Crippen LogP contribution in [-0.2, 0) is 13.1 Å². The van der Waals surface area contributed by atoms with Crippen LogP contribution in [0.15, 0.2) is 47.6 Å². The molecule has 0 aliphatic rings. The highest BCUT2D eigenvalue weighted by Gasteiger charge is 2.07. The first-order valence-corrected chi connectivity index (χ1v) is 8.85. The number of hydrogen-bond donors (Lipinski definition) is 2. The van der Waals surface area contributed by atoms with Crippen LogP contribution in [0.5, 0.6) is 0 Å². The van der Waals surface area contributed by atoms with Gasteiger partial charge in [-0.2, -0.15) is 0 Å². The third-order valence-electron chi connectivity index (χ3n) is 4.06. The molecule has 7 nitrogen and oxygen atoms in total. The van der Waals surface area contributed by atoms with Gasteiger partial charge in [0.2, 0.25) is 0 Å². The van der Waals surface area contributed by atoms with E-state index in [1.807, 2.05) is 55.9 Å². The summed E-state index contributed by atoms with van der Waals surface area (Å²) in [6.45, 7) is 3.57. The fourth-order valence-corrected chi connectivity index (χ4v) is 2.70. The first-order chi connectivity index (χ1) is 13.1. The zero-order valence-electron chi connectivity index (χ0n) is 15.8. The number of nitrogens with one attached hydrogen (secondary N) is 2. The average Bonchev–Trinajstić information content (AvgIpc) is 3.07. The maximum absolute atomic E-state index is 14.1. The first kappa shape index (κ1) is 18.6. The van der Waals surface area contributed by atoms with Crippen molar-refractivity contribution < 1.29 is 4.39 Å². The second-order valence-corrected chi connectivity index (χ2v) is 6.27. The maximum Gasteiger partial charge on any atom is 0.191 e. The first-order valence-electron chi connectivity index (χ1n) is 8.85. The predicted molar refractivity (Wildman–Crippen MR) is 105 cm³/mol. The summed E-state index contributed by atoms with van der Waals surface area (Å²) in [7, 11) is 3.63. The molecule has 2 N–H and O–H groups in total.